The summed E-state index contributed by atoms with van der Waals surface area (Å²) in [5.41, 5.74) is -1.33. The lowest BCUT2D eigenvalue weighted by molar-refractivity contribution is -0.114. The number of halogens is 3. The predicted molar refractivity (Wildman–Crippen MR) is 125 cm³/mol. The highest BCUT2D eigenvalue weighted by molar-refractivity contribution is 6.34. The van der Waals surface area contributed by atoms with Crippen LogP contribution in [0.4, 0.5) is 18.9 Å². The van der Waals surface area contributed by atoms with E-state index in [4.69, 9.17) is 14.2 Å². The van der Waals surface area contributed by atoms with Crippen LogP contribution in [-0.4, -0.2) is 43.6 Å². The van der Waals surface area contributed by atoms with Crippen molar-refractivity contribution in [1.82, 2.24) is 0 Å². The van der Waals surface area contributed by atoms with Gasteiger partial charge in [0.1, 0.15) is 0 Å². The fourth-order valence-corrected chi connectivity index (χ4v) is 3.27. The van der Waals surface area contributed by atoms with Crippen LogP contribution < -0.4 is 14.5 Å². The smallest absolute Gasteiger partial charge is 0.435 e. The van der Waals surface area contributed by atoms with Gasteiger partial charge >= 0.3 is 12.1 Å². The van der Waals surface area contributed by atoms with Crippen LogP contribution in [0, 0.1) is 0 Å². The van der Waals surface area contributed by atoms with E-state index in [1.165, 1.54) is 36.4 Å². The number of nitrogens with zero attached hydrogens (tertiary/aromatic N) is 2. The molecule has 0 atom stereocenters. The summed E-state index contributed by atoms with van der Waals surface area (Å²) in [7, 11) is 0. The van der Waals surface area contributed by atoms with E-state index in [1.807, 2.05) is 6.92 Å². The zero-order valence-electron chi connectivity index (χ0n) is 19.5. The lowest BCUT2D eigenvalue weighted by Gasteiger charge is -2.13. The number of carbonyl (C=O) groups excluding carboxylic acids is 2. The van der Waals surface area contributed by atoms with Crippen molar-refractivity contribution in [3.8, 4) is 11.5 Å². The van der Waals surface area contributed by atoms with Crippen LogP contribution >= 0.6 is 0 Å². The minimum atomic E-state index is -4.87. The van der Waals surface area contributed by atoms with Gasteiger partial charge < -0.3 is 14.2 Å². The Morgan fingerprint density at radius 2 is 1.66 bits per heavy atom. The first-order chi connectivity index (χ1) is 16.7. The fourth-order valence-electron chi connectivity index (χ4n) is 3.27. The molecule has 0 aromatic heterocycles. The van der Waals surface area contributed by atoms with Crippen LogP contribution in [-0.2, 0) is 9.53 Å². The van der Waals surface area contributed by atoms with Crippen molar-refractivity contribution < 1.29 is 37.0 Å². The topological polar surface area (TPSA) is 77.4 Å². The number of rotatable bonds is 9. The maximum absolute atomic E-state index is 13.8. The van der Waals surface area contributed by atoms with Crippen molar-refractivity contribution in [3.05, 3.63) is 59.2 Å². The molecule has 10 heteroatoms. The third-order valence-electron chi connectivity index (χ3n) is 4.81. The molecule has 0 radical (unpaired) electrons. The van der Waals surface area contributed by atoms with Crippen molar-refractivity contribution in [1.29, 1.82) is 0 Å². The van der Waals surface area contributed by atoms with Crippen LogP contribution in [0.3, 0.4) is 0 Å². The van der Waals surface area contributed by atoms with Gasteiger partial charge in [-0.1, -0.05) is 13.0 Å². The van der Waals surface area contributed by atoms with Gasteiger partial charge in [-0.2, -0.15) is 23.3 Å². The zero-order valence-corrected chi connectivity index (χ0v) is 19.5. The molecule has 0 saturated carbocycles. The quantitative estimate of drug-likeness (QED) is 0.348. The van der Waals surface area contributed by atoms with Crippen LogP contribution in [0.1, 0.15) is 43.1 Å². The number of hydrogen-bond acceptors (Lipinski definition) is 6. The summed E-state index contributed by atoms with van der Waals surface area (Å²) in [5, 5.41) is 4.21. The average molecular weight is 490 g/mol. The number of alkyl halides is 3. The van der Waals surface area contributed by atoms with Crippen LogP contribution in [0.25, 0.3) is 6.08 Å². The summed E-state index contributed by atoms with van der Waals surface area (Å²) in [5.74, 6) is -0.725. The fraction of sp³-hybridized carbons (Fsp3) is 0.320. The molecule has 0 saturated heterocycles. The minimum absolute atomic E-state index is 0.0777. The minimum Gasteiger partial charge on any atom is -0.490 e. The van der Waals surface area contributed by atoms with Crippen LogP contribution in [0.15, 0.2) is 53.1 Å². The van der Waals surface area contributed by atoms with E-state index in [0.717, 1.165) is 6.08 Å². The maximum atomic E-state index is 13.8. The third kappa shape index (κ3) is 6.00. The van der Waals surface area contributed by atoms with E-state index in [9.17, 15) is 22.8 Å². The van der Waals surface area contributed by atoms with Gasteiger partial charge in [0.25, 0.3) is 5.91 Å². The lowest BCUT2D eigenvalue weighted by atomic mass is 10.1. The molecule has 7 nitrogen and oxygen atoms in total. The van der Waals surface area contributed by atoms with Crippen LogP contribution in [0.2, 0.25) is 0 Å². The molecule has 0 spiro atoms. The number of anilines is 1. The number of benzene rings is 2. The Morgan fingerprint density at radius 1 is 1.00 bits per heavy atom. The van der Waals surface area contributed by atoms with Gasteiger partial charge in [-0.15, -0.1) is 0 Å². The molecule has 0 aliphatic carbocycles. The molecule has 0 bridgehead atoms. The normalized spacial score (nSPS) is 14.8. The molecule has 0 fully saturated rings. The molecule has 2 aromatic carbocycles. The summed E-state index contributed by atoms with van der Waals surface area (Å²) >= 11 is 0. The van der Waals surface area contributed by atoms with E-state index >= 15 is 0 Å². The number of esters is 1. The molecular weight excluding hydrogens is 465 g/mol. The highest BCUT2D eigenvalue weighted by Crippen LogP contribution is 2.34. The molecule has 1 aliphatic heterocycles. The monoisotopic (exact) mass is 490 g/mol. The molecule has 186 valence electrons. The second kappa shape index (κ2) is 11.1. The van der Waals surface area contributed by atoms with E-state index in [2.05, 4.69) is 5.10 Å². The predicted octanol–water partition coefficient (Wildman–Crippen LogP) is 5.40. The summed E-state index contributed by atoms with van der Waals surface area (Å²) in [6.07, 6.45) is -3.10. The van der Waals surface area contributed by atoms with Gasteiger partial charge in [0, 0.05) is 0 Å². The molecule has 35 heavy (non-hydrogen) atoms. The van der Waals surface area contributed by atoms with Crippen molar-refractivity contribution >= 4 is 29.4 Å². The summed E-state index contributed by atoms with van der Waals surface area (Å²) < 4.78 is 57.4. The molecule has 3 rings (SSSR count). The Labute approximate surface area is 200 Å². The SMILES string of the molecule is CCCOC(=O)c1ccc(N2N=C(C(F)(F)F)C(=Cc3ccc(OCC)c(OCC)c3)C2=O)cc1. The number of amides is 1. The first-order valence-electron chi connectivity index (χ1n) is 11.1. The highest BCUT2D eigenvalue weighted by Gasteiger charge is 2.46. The number of hydrazone groups is 1. The van der Waals surface area contributed by atoms with Gasteiger partial charge in [-0.3, -0.25) is 4.79 Å². The second-order valence-electron chi connectivity index (χ2n) is 7.38. The molecule has 1 amide bonds. The Bertz CT molecular complexity index is 1140. The summed E-state index contributed by atoms with van der Waals surface area (Å²) in [6.45, 7) is 6.36. The third-order valence-corrected chi connectivity index (χ3v) is 4.81. The van der Waals surface area contributed by atoms with Crippen LogP contribution in [0.5, 0.6) is 11.5 Å². The summed E-state index contributed by atoms with van der Waals surface area (Å²) in [4.78, 5) is 25.0. The van der Waals surface area contributed by atoms with Gasteiger partial charge in [0.15, 0.2) is 17.2 Å². The number of ether oxygens (including phenoxy) is 3. The Morgan fingerprint density at radius 3 is 2.26 bits per heavy atom. The first-order valence-corrected chi connectivity index (χ1v) is 11.1. The van der Waals surface area contributed by atoms with Crippen molar-refractivity contribution in [3.63, 3.8) is 0 Å². The van der Waals surface area contributed by atoms with Gasteiger partial charge in [0.05, 0.1) is 36.6 Å². The average Bonchev–Trinajstić information content (AvgIpc) is 3.16. The number of carbonyl (C=O) groups is 2. The van der Waals surface area contributed by atoms with Crippen molar-refractivity contribution in [2.45, 2.75) is 33.4 Å². The van der Waals surface area contributed by atoms with Gasteiger partial charge in [0.2, 0.25) is 0 Å². The van der Waals surface area contributed by atoms with Crippen molar-refractivity contribution in [2.24, 2.45) is 5.10 Å². The van der Waals surface area contributed by atoms with E-state index in [-0.39, 0.29) is 17.9 Å². The second-order valence-corrected chi connectivity index (χ2v) is 7.38. The molecule has 0 N–H and O–H groups in total. The molecular formula is C25H25F3N2O5. The first kappa shape index (κ1) is 25.8. The van der Waals surface area contributed by atoms with E-state index < -0.39 is 29.3 Å². The van der Waals surface area contributed by atoms with E-state index in [0.29, 0.717) is 41.7 Å². The highest BCUT2D eigenvalue weighted by atomic mass is 19.4. The summed E-state index contributed by atoms with van der Waals surface area (Å²) in [6, 6.07) is 10.0. The Balaban J connectivity index is 1.95. The lowest BCUT2D eigenvalue weighted by Crippen LogP contribution is -2.25. The molecule has 1 aliphatic rings. The molecule has 2 aromatic rings. The van der Waals surface area contributed by atoms with Gasteiger partial charge in [-0.05, 0) is 68.3 Å². The van der Waals surface area contributed by atoms with Crippen molar-refractivity contribution in [2.75, 3.05) is 24.8 Å². The van der Waals surface area contributed by atoms with Gasteiger partial charge in [-0.25, -0.2) is 4.79 Å². The number of hydrogen-bond donors (Lipinski definition) is 0. The Kier molecular flexibility index (Phi) is 8.16. The Hall–Kier alpha value is -3.82. The largest absolute Gasteiger partial charge is 0.490 e. The van der Waals surface area contributed by atoms with E-state index in [1.54, 1.807) is 19.9 Å². The molecule has 1 heterocycles. The standard InChI is InChI=1S/C25H25F3N2O5/c1-4-13-35-24(32)17-8-10-18(11-9-17)30-23(31)19(22(29-30)25(26,27)28)14-16-7-12-20(33-5-2)21(15-16)34-6-3/h7-12,14-15H,4-6,13H2,1-3H3. The molecule has 0 unspecified atom stereocenters. The maximum Gasteiger partial charge on any atom is 0.435 e. The zero-order chi connectivity index (χ0) is 25.6.